The average molecular weight is 563 g/mol. The highest BCUT2D eigenvalue weighted by molar-refractivity contribution is 7.91. The first kappa shape index (κ1) is 27.2. The highest BCUT2D eigenvalue weighted by atomic mass is 32.2. The number of amides is 3. The number of aromatic nitrogens is 2. The van der Waals surface area contributed by atoms with Gasteiger partial charge in [0.15, 0.2) is 5.60 Å². The van der Waals surface area contributed by atoms with Gasteiger partial charge in [0.1, 0.15) is 9.75 Å². The number of anilines is 1. The molecule has 3 amide bonds. The maximum absolute atomic E-state index is 13.2. The van der Waals surface area contributed by atoms with E-state index >= 15 is 0 Å². The van der Waals surface area contributed by atoms with Gasteiger partial charge in [-0.15, -0.1) is 11.3 Å². The second-order valence-corrected chi connectivity index (χ2v) is 12.5. The number of sulfonamides is 1. The average Bonchev–Trinajstić information content (AvgIpc) is 3.43. The summed E-state index contributed by atoms with van der Waals surface area (Å²) in [5, 5.41) is 13.8. The highest BCUT2D eigenvalue weighted by Gasteiger charge is 2.52. The number of thiophene rings is 1. The monoisotopic (exact) mass is 562 g/mol. The molecule has 2 fully saturated rings. The Balaban J connectivity index is 1.66. The largest absolute Gasteiger partial charge is 0.421 e. The van der Waals surface area contributed by atoms with E-state index in [-0.39, 0.29) is 36.3 Å². The van der Waals surface area contributed by atoms with E-state index in [9.17, 15) is 36.3 Å². The first-order valence-electron chi connectivity index (χ1n) is 11.1. The van der Waals surface area contributed by atoms with Gasteiger partial charge in [0.2, 0.25) is 5.95 Å². The Morgan fingerprint density at radius 2 is 1.86 bits per heavy atom. The van der Waals surface area contributed by atoms with Crippen LogP contribution in [0.4, 0.5) is 23.9 Å². The van der Waals surface area contributed by atoms with Crippen molar-refractivity contribution in [1.29, 1.82) is 0 Å². The van der Waals surface area contributed by atoms with E-state index in [0.717, 1.165) is 23.7 Å². The Bertz CT molecular complexity index is 1280. The maximum atomic E-state index is 13.2. The van der Waals surface area contributed by atoms with Gasteiger partial charge in [-0.2, -0.15) is 17.5 Å². The fourth-order valence-corrected chi connectivity index (χ4v) is 6.72. The molecule has 0 spiro atoms. The summed E-state index contributed by atoms with van der Waals surface area (Å²) in [6.45, 7) is 3.58. The lowest BCUT2D eigenvalue weighted by Gasteiger charge is -2.43. The van der Waals surface area contributed by atoms with E-state index in [4.69, 9.17) is 0 Å². The minimum absolute atomic E-state index is 0.0105. The van der Waals surface area contributed by atoms with Crippen LogP contribution in [-0.2, 0) is 20.4 Å². The van der Waals surface area contributed by atoms with Crippen LogP contribution in [0.15, 0.2) is 34.1 Å². The van der Waals surface area contributed by atoms with Gasteiger partial charge in [-0.3, -0.25) is 10.1 Å². The highest BCUT2D eigenvalue weighted by Crippen LogP contribution is 2.38. The number of hydrogen-bond acceptors (Lipinski definition) is 9. The lowest BCUT2D eigenvalue weighted by Crippen LogP contribution is -2.60. The van der Waals surface area contributed by atoms with E-state index in [1.54, 1.807) is 30.2 Å². The summed E-state index contributed by atoms with van der Waals surface area (Å²) in [4.78, 5) is 35.7. The third kappa shape index (κ3) is 4.78. The van der Waals surface area contributed by atoms with Gasteiger partial charge in [-0.05, 0) is 32.2 Å². The van der Waals surface area contributed by atoms with E-state index in [0.29, 0.717) is 6.92 Å². The van der Waals surface area contributed by atoms with Crippen molar-refractivity contribution in [2.75, 3.05) is 31.1 Å². The molecule has 1 unspecified atom stereocenters. The van der Waals surface area contributed by atoms with Crippen LogP contribution in [0.25, 0.3) is 0 Å². The standard InChI is InChI=1S/C21H25F3N6O5S2/c1-19(2)16(31)27-18(32)30(19)12-14-11-28(37(34,35)15-5-4-8-36-15)6-7-29(14)17-25-9-13(10-26-17)20(3,33)21(22,23)24/h4-5,8-10,14,33H,6-7,11-12H2,1-3H3,(H,27,31,32)/t14-,20?/m1/s1. The molecule has 0 aliphatic carbocycles. The third-order valence-electron chi connectivity index (χ3n) is 6.63. The van der Waals surface area contributed by atoms with Gasteiger partial charge < -0.3 is 14.9 Å². The number of carbonyl (C=O) groups excluding carboxylic acids is 2. The molecule has 0 bridgehead atoms. The number of carbonyl (C=O) groups is 2. The Morgan fingerprint density at radius 3 is 2.38 bits per heavy atom. The maximum Gasteiger partial charge on any atom is 0.421 e. The molecular weight excluding hydrogens is 537 g/mol. The van der Waals surface area contributed by atoms with E-state index in [1.807, 2.05) is 0 Å². The zero-order valence-electron chi connectivity index (χ0n) is 20.1. The smallest absolute Gasteiger partial charge is 0.376 e. The van der Waals surface area contributed by atoms with Gasteiger partial charge in [0.25, 0.3) is 15.9 Å². The van der Waals surface area contributed by atoms with Gasteiger partial charge >= 0.3 is 12.2 Å². The zero-order valence-corrected chi connectivity index (χ0v) is 21.7. The van der Waals surface area contributed by atoms with Crippen molar-refractivity contribution in [3.05, 3.63) is 35.5 Å². The number of halogens is 3. The van der Waals surface area contributed by atoms with Crippen molar-refractivity contribution in [1.82, 2.24) is 24.5 Å². The Hall–Kier alpha value is -2.82. The normalized spacial score (nSPS) is 22.7. The number of imide groups is 1. The first-order chi connectivity index (χ1) is 17.1. The molecule has 11 nitrogen and oxygen atoms in total. The first-order valence-corrected chi connectivity index (χ1v) is 13.4. The van der Waals surface area contributed by atoms with Crippen LogP contribution < -0.4 is 10.2 Å². The van der Waals surface area contributed by atoms with Crippen molar-refractivity contribution < 1.29 is 36.3 Å². The van der Waals surface area contributed by atoms with Crippen molar-refractivity contribution in [2.45, 2.75) is 48.3 Å². The molecule has 2 aromatic heterocycles. The second kappa shape index (κ2) is 9.18. The molecule has 2 aliphatic heterocycles. The van der Waals surface area contributed by atoms with Gasteiger partial charge in [-0.1, -0.05) is 6.07 Å². The molecule has 2 aromatic rings. The minimum Gasteiger partial charge on any atom is -0.376 e. The SMILES string of the molecule is CC1(C)C(=O)NC(=O)N1C[C@H]1CN(S(=O)(=O)c2cccs2)CCN1c1ncc(C(C)(O)C(F)(F)F)cn1. The summed E-state index contributed by atoms with van der Waals surface area (Å²) in [7, 11) is -3.85. The van der Waals surface area contributed by atoms with Crippen LogP contribution in [0.2, 0.25) is 0 Å². The van der Waals surface area contributed by atoms with Crippen molar-refractivity contribution >= 4 is 39.2 Å². The van der Waals surface area contributed by atoms with Gasteiger partial charge in [-0.25, -0.2) is 23.2 Å². The molecule has 2 aliphatic rings. The zero-order chi connectivity index (χ0) is 27.4. The van der Waals surface area contributed by atoms with Crippen molar-refractivity contribution in [3.63, 3.8) is 0 Å². The molecule has 0 radical (unpaired) electrons. The number of hydrogen-bond donors (Lipinski definition) is 2. The summed E-state index contributed by atoms with van der Waals surface area (Å²) in [6, 6.07) is 1.70. The minimum atomic E-state index is -4.95. The van der Waals surface area contributed by atoms with Crippen LogP contribution in [0, 0.1) is 0 Å². The second-order valence-electron chi connectivity index (χ2n) is 9.41. The summed E-state index contributed by atoms with van der Waals surface area (Å²) in [5.41, 5.74) is -4.95. The van der Waals surface area contributed by atoms with Crippen LogP contribution in [0.5, 0.6) is 0 Å². The fraction of sp³-hybridized carbons (Fsp3) is 0.524. The van der Waals surface area contributed by atoms with Gasteiger partial charge in [0, 0.05) is 44.1 Å². The number of rotatable bonds is 6. The topological polar surface area (TPSA) is 136 Å². The molecular formula is C21H25F3N6O5S2. The molecule has 37 heavy (non-hydrogen) atoms. The summed E-state index contributed by atoms with van der Waals surface area (Å²) in [5.74, 6) is -0.526. The number of aliphatic hydroxyl groups is 1. The summed E-state index contributed by atoms with van der Waals surface area (Å²) in [6.07, 6.45) is -3.24. The number of nitrogens with one attached hydrogen (secondary N) is 1. The lowest BCUT2D eigenvalue weighted by molar-refractivity contribution is -0.259. The van der Waals surface area contributed by atoms with Crippen molar-refractivity contribution in [2.24, 2.45) is 0 Å². The Labute approximate surface area is 215 Å². The van der Waals surface area contributed by atoms with E-state index in [1.165, 1.54) is 15.3 Å². The Morgan fingerprint density at radius 1 is 1.22 bits per heavy atom. The number of urea groups is 1. The molecule has 2 N–H and O–H groups in total. The van der Waals surface area contributed by atoms with Crippen LogP contribution in [-0.4, -0.2) is 88.6 Å². The quantitative estimate of drug-likeness (QED) is 0.506. The third-order valence-corrected chi connectivity index (χ3v) is 9.87. The molecule has 2 atom stereocenters. The van der Waals surface area contributed by atoms with Crippen molar-refractivity contribution in [3.8, 4) is 0 Å². The van der Waals surface area contributed by atoms with E-state index < -0.39 is 50.9 Å². The van der Waals surface area contributed by atoms with E-state index in [2.05, 4.69) is 15.3 Å². The van der Waals surface area contributed by atoms with Crippen LogP contribution >= 0.6 is 11.3 Å². The van der Waals surface area contributed by atoms with Crippen LogP contribution in [0.1, 0.15) is 26.3 Å². The molecule has 0 saturated carbocycles. The van der Waals surface area contributed by atoms with Gasteiger partial charge in [0.05, 0.1) is 6.04 Å². The fourth-order valence-electron chi connectivity index (χ4n) is 4.10. The molecule has 4 rings (SSSR count). The number of alkyl halides is 3. The summed E-state index contributed by atoms with van der Waals surface area (Å²) >= 11 is 1.06. The molecule has 202 valence electrons. The predicted molar refractivity (Wildman–Crippen MR) is 126 cm³/mol. The molecule has 4 heterocycles. The molecule has 16 heteroatoms. The molecule has 0 aromatic carbocycles. The Kier molecular flexibility index (Phi) is 6.75. The predicted octanol–water partition coefficient (Wildman–Crippen LogP) is 1.52. The molecule has 2 saturated heterocycles. The number of piperazine rings is 1. The summed E-state index contributed by atoms with van der Waals surface area (Å²) < 4.78 is 67.4. The lowest BCUT2D eigenvalue weighted by atomic mass is 9.99. The van der Waals surface area contributed by atoms with Crippen LogP contribution in [0.3, 0.4) is 0 Å². The number of nitrogens with zero attached hydrogens (tertiary/aromatic N) is 5.